The quantitative estimate of drug-likeness (QED) is 0.700. The predicted octanol–water partition coefficient (Wildman–Crippen LogP) is 4.55. The molecule has 1 aliphatic rings. The van der Waals surface area contributed by atoms with Crippen molar-refractivity contribution in [2.45, 2.75) is 25.7 Å². The zero-order valence-electron chi connectivity index (χ0n) is 13.0. The average Bonchev–Trinajstić information content (AvgIpc) is 2.88. The van der Waals surface area contributed by atoms with Gasteiger partial charge in [-0.3, -0.25) is 0 Å². The molecule has 0 radical (unpaired) electrons. The fraction of sp³-hybridized carbons (Fsp3) is 0.263. The first-order valence-corrected chi connectivity index (χ1v) is 7.49. The first-order valence-electron chi connectivity index (χ1n) is 7.49. The van der Waals surface area contributed by atoms with Gasteiger partial charge in [-0.25, -0.2) is 4.39 Å². The molecule has 0 amide bonds. The summed E-state index contributed by atoms with van der Waals surface area (Å²) in [5, 5.41) is 0.729. The Hall–Kier alpha value is -2.29. The van der Waals surface area contributed by atoms with E-state index in [9.17, 15) is 4.39 Å². The third kappa shape index (κ3) is 1.65. The monoisotopic (exact) mass is 295 g/mol. The van der Waals surface area contributed by atoms with Crippen LogP contribution in [0.4, 0.5) is 4.39 Å². The van der Waals surface area contributed by atoms with E-state index in [0.29, 0.717) is 0 Å². The first-order chi connectivity index (χ1) is 10.5. The molecule has 0 unspecified atom stereocenters. The number of benzene rings is 2. The third-order valence-corrected chi connectivity index (χ3v) is 4.86. The van der Waals surface area contributed by atoms with Gasteiger partial charge in [-0.05, 0) is 41.0 Å². The number of fused-ring (bicyclic) bond motifs is 4. The van der Waals surface area contributed by atoms with Gasteiger partial charge in [-0.15, -0.1) is 0 Å². The number of hydrogen-bond donors (Lipinski definition) is 1. The molecule has 3 aromatic rings. The molecule has 0 fully saturated rings. The molecule has 0 saturated heterocycles. The van der Waals surface area contributed by atoms with E-state index in [1.54, 1.807) is 13.2 Å². The molecule has 1 aliphatic carbocycles. The summed E-state index contributed by atoms with van der Waals surface area (Å²) in [6, 6.07) is 11.4. The van der Waals surface area contributed by atoms with Crippen molar-refractivity contribution in [3.8, 4) is 5.75 Å². The van der Waals surface area contributed by atoms with Gasteiger partial charge in [0.05, 0.1) is 7.11 Å². The molecule has 0 spiro atoms. The lowest BCUT2D eigenvalue weighted by atomic mass is 9.72. The second-order valence-electron chi connectivity index (χ2n) is 6.47. The van der Waals surface area contributed by atoms with Crippen LogP contribution in [0.2, 0.25) is 0 Å². The first kappa shape index (κ1) is 13.4. The van der Waals surface area contributed by atoms with Gasteiger partial charge in [0.15, 0.2) is 0 Å². The van der Waals surface area contributed by atoms with Gasteiger partial charge < -0.3 is 9.72 Å². The molecular weight excluding hydrogens is 277 g/mol. The Kier molecular flexibility index (Phi) is 2.65. The number of halogens is 1. The minimum absolute atomic E-state index is 0.150. The van der Waals surface area contributed by atoms with Crippen LogP contribution in [0.15, 0.2) is 36.4 Å². The number of rotatable bonds is 1. The number of H-pyrrole nitrogens is 1. The second-order valence-corrected chi connectivity index (χ2v) is 6.47. The van der Waals surface area contributed by atoms with Crippen LogP contribution in [0.5, 0.6) is 5.75 Å². The molecule has 2 aromatic carbocycles. The van der Waals surface area contributed by atoms with E-state index in [0.717, 1.165) is 34.3 Å². The van der Waals surface area contributed by atoms with Crippen molar-refractivity contribution in [3.63, 3.8) is 0 Å². The van der Waals surface area contributed by atoms with E-state index in [1.807, 2.05) is 12.1 Å². The molecule has 0 bridgehead atoms. The summed E-state index contributed by atoms with van der Waals surface area (Å²) in [6.45, 7) is 4.35. The molecule has 22 heavy (non-hydrogen) atoms. The number of hydrogen-bond acceptors (Lipinski definition) is 1. The largest absolute Gasteiger partial charge is 0.497 e. The molecule has 112 valence electrons. The highest BCUT2D eigenvalue weighted by Crippen LogP contribution is 2.44. The zero-order valence-corrected chi connectivity index (χ0v) is 13.0. The maximum Gasteiger partial charge on any atom is 0.132 e. The maximum atomic E-state index is 14.3. The van der Waals surface area contributed by atoms with Gasteiger partial charge in [0.2, 0.25) is 0 Å². The molecular formula is C19H18FNO. The lowest BCUT2D eigenvalue weighted by Crippen LogP contribution is -2.27. The van der Waals surface area contributed by atoms with E-state index in [4.69, 9.17) is 4.74 Å². The van der Waals surface area contributed by atoms with Gasteiger partial charge in [0.1, 0.15) is 11.6 Å². The molecule has 3 heteroatoms. The van der Waals surface area contributed by atoms with Gasteiger partial charge >= 0.3 is 0 Å². The smallest absolute Gasteiger partial charge is 0.132 e. The Labute approximate surface area is 128 Å². The Morgan fingerprint density at radius 3 is 2.77 bits per heavy atom. The van der Waals surface area contributed by atoms with Crippen LogP contribution in [0.25, 0.3) is 10.9 Å². The van der Waals surface area contributed by atoms with Crippen molar-refractivity contribution in [2.75, 3.05) is 7.11 Å². The van der Waals surface area contributed by atoms with Crippen molar-refractivity contribution < 1.29 is 9.13 Å². The van der Waals surface area contributed by atoms with Crippen LogP contribution in [-0.2, 0) is 11.8 Å². The number of ether oxygens (including phenoxy) is 1. The number of aromatic amines is 1. The standard InChI is InChI=1S/C19H18FNO/c1-19(2)14-10-12(22-3)8-7-11(14)9-13-17-15(20)5-4-6-16(17)21-18(13)19/h4-8,10,21H,9H2,1-3H3. The van der Waals surface area contributed by atoms with E-state index >= 15 is 0 Å². The topological polar surface area (TPSA) is 25.0 Å². The van der Waals surface area contributed by atoms with E-state index < -0.39 is 0 Å². The molecule has 1 heterocycles. The maximum absolute atomic E-state index is 14.3. The van der Waals surface area contributed by atoms with Crippen LogP contribution >= 0.6 is 0 Å². The fourth-order valence-corrected chi connectivity index (χ4v) is 3.72. The summed E-state index contributed by atoms with van der Waals surface area (Å²) in [7, 11) is 1.68. The van der Waals surface area contributed by atoms with Gasteiger partial charge in [-0.2, -0.15) is 0 Å². The molecule has 1 N–H and O–H groups in total. The van der Waals surface area contributed by atoms with Crippen LogP contribution in [0.1, 0.15) is 36.2 Å². The molecule has 0 saturated carbocycles. The normalized spacial score (nSPS) is 15.5. The lowest BCUT2D eigenvalue weighted by molar-refractivity contribution is 0.412. The summed E-state index contributed by atoms with van der Waals surface area (Å²) >= 11 is 0. The second kappa shape index (κ2) is 4.35. The van der Waals surface area contributed by atoms with Gasteiger partial charge in [0, 0.05) is 28.4 Å². The van der Waals surface area contributed by atoms with Crippen LogP contribution in [0, 0.1) is 5.82 Å². The van der Waals surface area contributed by atoms with Crippen molar-refractivity contribution in [1.82, 2.24) is 4.98 Å². The Balaban J connectivity index is 2.03. The highest BCUT2D eigenvalue weighted by Gasteiger charge is 2.35. The Morgan fingerprint density at radius 2 is 2.00 bits per heavy atom. The molecule has 0 atom stereocenters. The number of nitrogens with one attached hydrogen (secondary N) is 1. The minimum atomic E-state index is -0.205. The van der Waals surface area contributed by atoms with Crippen molar-refractivity contribution in [2.24, 2.45) is 0 Å². The average molecular weight is 295 g/mol. The predicted molar refractivity (Wildman–Crippen MR) is 86.2 cm³/mol. The summed E-state index contributed by atoms with van der Waals surface area (Å²) in [6.07, 6.45) is 0.749. The van der Waals surface area contributed by atoms with Gasteiger partial charge in [-0.1, -0.05) is 26.0 Å². The van der Waals surface area contributed by atoms with E-state index in [-0.39, 0.29) is 11.2 Å². The Bertz CT molecular complexity index is 892. The number of methoxy groups -OCH3 is 1. The van der Waals surface area contributed by atoms with Crippen LogP contribution in [-0.4, -0.2) is 12.1 Å². The fourth-order valence-electron chi connectivity index (χ4n) is 3.72. The molecule has 1 aromatic heterocycles. The highest BCUT2D eigenvalue weighted by atomic mass is 19.1. The SMILES string of the molecule is COc1ccc2c(c1)C(C)(C)c1[nH]c3cccc(F)c3c1C2. The van der Waals surface area contributed by atoms with E-state index in [1.165, 1.54) is 17.2 Å². The Morgan fingerprint density at radius 1 is 1.18 bits per heavy atom. The molecule has 0 aliphatic heterocycles. The van der Waals surface area contributed by atoms with Crippen molar-refractivity contribution in [3.05, 3.63) is 64.6 Å². The summed E-state index contributed by atoms with van der Waals surface area (Å²) in [5.41, 5.74) is 5.33. The lowest BCUT2D eigenvalue weighted by Gasteiger charge is -2.33. The molecule has 2 nitrogen and oxygen atoms in total. The van der Waals surface area contributed by atoms with Crippen molar-refractivity contribution in [1.29, 1.82) is 0 Å². The van der Waals surface area contributed by atoms with Crippen LogP contribution < -0.4 is 4.74 Å². The van der Waals surface area contributed by atoms with Crippen LogP contribution in [0.3, 0.4) is 0 Å². The minimum Gasteiger partial charge on any atom is -0.497 e. The van der Waals surface area contributed by atoms with Crippen molar-refractivity contribution >= 4 is 10.9 Å². The van der Waals surface area contributed by atoms with Gasteiger partial charge in [0.25, 0.3) is 0 Å². The highest BCUT2D eigenvalue weighted by molar-refractivity contribution is 5.87. The zero-order chi connectivity index (χ0) is 15.5. The summed E-state index contributed by atoms with van der Waals surface area (Å²) < 4.78 is 19.7. The van der Waals surface area contributed by atoms with E-state index in [2.05, 4.69) is 31.0 Å². The summed E-state index contributed by atoms with van der Waals surface area (Å²) in [5.74, 6) is 0.709. The third-order valence-electron chi connectivity index (χ3n) is 4.86. The molecule has 4 rings (SSSR count). The summed E-state index contributed by atoms with van der Waals surface area (Å²) in [4.78, 5) is 3.44. The number of aromatic nitrogens is 1.